The lowest BCUT2D eigenvalue weighted by Gasteiger charge is -2.24. The highest BCUT2D eigenvalue weighted by Crippen LogP contribution is 2.24. The van der Waals surface area contributed by atoms with E-state index in [4.69, 9.17) is 5.73 Å². The minimum absolute atomic E-state index is 0.0469. The number of hydrogen-bond acceptors (Lipinski definition) is 2. The summed E-state index contributed by atoms with van der Waals surface area (Å²) in [6.07, 6.45) is 2.03. The summed E-state index contributed by atoms with van der Waals surface area (Å²) >= 11 is 0. The number of likely N-dealkylation sites (tertiary alicyclic amines) is 1. The van der Waals surface area contributed by atoms with Crippen molar-refractivity contribution in [3.63, 3.8) is 0 Å². The van der Waals surface area contributed by atoms with Crippen LogP contribution in [0.4, 0.5) is 10.5 Å². The lowest BCUT2D eigenvalue weighted by molar-refractivity contribution is 0.208. The van der Waals surface area contributed by atoms with Gasteiger partial charge in [0.15, 0.2) is 0 Å². The molecule has 1 atom stereocenters. The molecule has 1 aliphatic heterocycles. The average molecular weight is 269 g/mol. The predicted octanol–water partition coefficient (Wildman–Crippen LogP) is 2.79. The van der Waals surface area contributed by atoms with Gasteiger partial charge in [0.05, 0.1) is 5.69 Å². The molecule has 1 aliphatic rings. The highest BCUT2D eigenvalue weighted by atomic mass is 16.2. The molecule has 0 bridgehead atoms. The molecular formula is C16H19N3O. The van der Waals surface area contributed by atoms with Crippen LogP contribution in [0, 0.1) is 0 Å². The number of anilines is 1. The van der Waals surface area contributed by atoms with Crippen LogP contribution in [0.5, 0.6) is 0 Å². The van der Waals surface area contributed by atoms with Crippen LogP contribution in [0.3, 0.4) is 0 Å². The zero-order valence-corrected chi connectivity index (χ0v) is 11.4. The van der Waals surface area contributed by atoms with Crippen LogP contribution in [0.15, 0.2) is 42.5 Å². The summed E-state index contributed by atoms with van der Waals surface area (Å²) in [5.41, 5.74) is 6.58. The van der Waals surface area contributed by atoms with Crippen molar-refractivity contribution in [3.8, 4) is 0 Å². The van der Waals surface area contributed by atoms with Gasteiger partial charge in [-0.05, 0) is 24.3 Å². The minimum atomic E-state index is -0.0469. The Morgan fingerprint density at radius 1 is 1.25 bits per heavy atom. The molecule has 2 aromatic rings. The number of nitrogens with one attached hydrogen (secondary N) is 1. The minimum Gasteiger partial charge on any atom is -0.328 e. The van der Waals surface area contributed by atoms with Crippen molar-refractivity contribution in [3.05, 3.63) is 42.5 Å². The topological polar surface area (TPSA) is 58.4 Å². The van der Waals surface area contributed by atoms with E-state index >= 15 is 0 Å². The highest BCUT2D eigenvalue weighted by Gasteiger charge is 2.27. The van der Waals surface area contributed by atoms with E-state index in [0.717, 1.165) is 35.8 Å². The van der Waals surface area contributed by atoms with Gasteiger partial charge in [-0.25, -0.2) is 4.79 Å². The molecule has 0 spiro atoms. The van der Waals surface area contributed by atoms with Gasteiger partial charge in [-0.3, -0.25) is 0 Å². The smallest absolute Gasteiger partial charge is 0.322 e. The highest BCUT2D eigenvalue weighted by molar-refractivity contribution is 6.01. The van der Waals surface area contributed by atoms with Crippen molar-refractivity contribution in [2.24, 2.45) is 5.73 Å². The summed E-state index contributed by atoms with van der Waals surface area (Å²) in [6.45, 7) is 1.32. The quantitative estimate of drug-likeness (QED) is 0.880. The van der Waals surface area contributed by atoms with Gasteiger partial charge in [-0.15, -0.1) is 0 Å². The summed E-state index contributed by atoms with van der Waals surface area (Å²) in [6, 6.07) is 14.1. The van der Waals surface area contributed by atoms with Gasteiger partial charge in [0.25, 0.3) is 0 Å². The first-order valence-electron chi connectivity index (χ1n) is 7.05. The van der Waals surface area contributed by atoms with E-state index in [0.29, 0.717) is 6.54 Å². The van der Waals surface area contributed by atoms with E-state index in [-0.39, 0.29) is 12.1 Å². The van der Waals surface area contributed by atoms with Crippen molar-refractivity contribution in [2.45, 2.75) is 18.9 Å². The van der Waals surface area contributed by atoms with E-state index in [1.807, 2.05) is 47.4 Å². The first kappa shape index (κ1) is 12.9. The molecule has 3 N–H and O–H groups in total. The number of amides is 2. The summed E-state index contributed by atoms with van der Waals surface area (Å²) in [4.78, 5) is 14.2. The number of carbonyl (C=O) groups is 1. The van der Waals surface area contributed by atoms with Crippen LogP contribution in [0.2, 0.25) is 0 Å². The van der Waals surface area contributed by atoms with Gasteiger partial charge in [-0.1, -0.05) is 36.4 Å². The maximum Gasteiger partial charge on any atom is 0.322 e. The fourth-order valence-corrected chi connectivity index (χ4v) is 2.87. The number of hydrogen-bond donors (Lipinski definition) is 2. The zero-order valence-electron chi connectivity index (χ0n) is 11.4. The normalized spacial score (nSPS) is 18.4. The third-order valence-electron chi connectivity index (χ3n) is 3.94. The van der Waals surface area contributed by atoms with Crippen LogP contribution in [0.1, 0.15) is 12.8 Å². The first-order chi connectivity index (χ1) is 9.79. The third kappa shape index (κ3) is 2.34. The predicted molar refractivity (Wildman–Crippen MR) is 81.7 cm³/mol. The number of benzene rings is 2. The molecule has 0 aliphatic carbocycles. The Bertz CT molecular complexity index is 621. The van der Waals surface area contributed by atoms with Gasteiger partial charge in [-0.2, -0.15) is 0 Å². The molecule has 0 radical (unpaired) electrons. The van der Waals surface area contributed by atoms with E-state index in [1.165, 1.54) is 0 Å². The number of nitrogens with zero attached hydrogens (tertiary/aromatic N) is 1. The Labute approximate surface area is 118 Å². The Kier molecular flexibility index (Phi) is 3.56. The van der Waals surface area contributed by atoms with Gasteiger partial charge < -0.3 is 16.0 Å². The Hall–Kier alpha value is -2.07. The number of nitrogens with two attached hydrogens (primary N) is 1. The lowest BCUT2D eigenvalue weighted by Crippen LogP contribution is -2.42. The second kappa shape index (κ2) is 5.51. The van der Waals surface area contributed by atoms with Gasteiger partial charge in [0.2, 0.25) is 0 Å². The number of carbonyl (C=O) groups excluding carboxylic acids is 1. The Morgan fingerprint density at radius 3 is 2.90 bits per heavy atom. The summed E-state index contributed by atoms with van der Waals surface area (Å²) < 4.78 is 0. The van der Waals surface area contributed by atoms with Gasteiger partial charge in [0.1, 0.15) is 0 Å². The molecule has 1 heterocycles. The maximum absolute atomic E-state index is 12.4. The molecule has 2 amide bonds. The molecule has 4 nitrogen and oxygen atoms in total. The van der Waals surface area contributed by atoms with Crippen LogP contribution in [0.25, 0.3) is 10.8 Å². The molecule has 4 heteroatoms. The lowest BCUT2D eigenvalue weighted by atomic mass is 10.1. The van der Waals surface area contributed by atoms with Crippen LogP contribution in [-0.2, 0) is 0 Å². The molecule has 2 aromatic carbocycles. The van der Waals surface area contributed by atoms with E-state index < -0.39 is 0 Å². The molecule has 20 heavy (non-hydrogen) atoms. The molecule has 1 fully saturated rings. The fraction of sp³-hybridized carbons (Fsp3) is 0.312. The molecule has 104 valence electrons. The van der Waals surface area contributed by atoms with Crippen LogP contribution >= 0.6 is 0 Å². The van der Waals surface area contributed by atoms with E-state index in [2.05, 4.69) is 5.32 Å². The fourth-order valence-electron chi connectivity index (χ4n) is 2.87. The Morgan fingerprint density at radius 2 is 2.05 bits per heavy atom. The maximum atomic E-state index is 12.4. The van der Waals surface area contributed by atoms with E-state index in [1.54, 1.807) is 0 Å². The van der Waals surface area contributed by atoms with Crippen LogP contribution < -0.4 is 11.1 Å². The number of rotatable bonds is 2. The molecular weight excluding hydrogens is 250 g/mol. The summed E-state index contributed by atoms with van der Waals surface area (Å²) in [5.74, 6) is 0. The molecule has 1 unspecified atom stereocenters. The number of urea groups is 1. The van der Waals surface area contributed by atoms with Gasteiger partial charge in [0, 0.05) is 24.5 Å². The standard InChI is InChI=1S/C16H19N3O/c17-11-13-7-4-10-19(13)16(20)18-15-9-3-6-12-5-1-2-8-14(12)15/h1-3,5-6,8-9,13H,4,7,10-11,17H2,(H,18,20). The second-order valence-electron chi connectivity index (χ2n) is 5.18. The zero-order chi connectivity index (χ0) is 13.9. The SMILES string of the molecule is NCC1CCCN1C(=O)Nc1cccc2ccccc12. The summed E-state index contributed by atoms with van der Waals surface area (Å²) in [5, 5.41) is 5.21. The van der Waals surface area contributed by atoms with Crippen LogP contribution in [-0.4, -0.2) is 30.1 Å². The average Bonchev–Trinajstić information content (AvgIpc) is 2.96. The van der Waals surface area contributed by atoms with Crippen molar-refractivity contribution in [1.29, 1.82) is 0 Å². The molecule has 1 saturated heterocycles. The van der Waals surface area contributed by atoms with Crippen molar-refractivity contribution < 1.29 is 4.79 Å². The molecule has 0 saturated carbocycles. The van der Waals surface area contributed by atoms with Crippen molar-refractivity contribution >= 4 is 22.5 Å². The molecule has 3 rings (SSSR count). The first-order valence-corrected chi connectivity index (χ1v) is 7.05. The van der Waals surface area contributed by atoms with Crippen molar-refractivity contribution in [2.75, 3.05) is 18.4 Å². The van der Waals surface area contributed by atoms with Gasteiger partial charge >= 0.3 is 6.03 Å². The largest absolute Gasteiger partial charge is 0.328 e. The van der Waals surface area contributed by atoms with Crippen molar-refractivity contribution in [1.82, 2.24) is 4.90 Å². The third-order valence-corrected chi connectivity index (χ3v) is 3.94. The second-order valence-corrected chi connectivity index (χ2v) is 5.18. The monoisotopic (exact) mass is 269 g/mol. The summed E-state index contributed by atoms with van der Waals surface area (Å²) in [7, 11) is 0. The number of fused-ring (bicyclic) bond motifs is 1. The van der Waals surface area contributed by atoms with E-state index in [9.17, 15) is 4.79 Å². The molecule has 0 aromatic heterocycles. The Balaban J connectivity index is 1.84.